The Balaban J connectivity index is 1.30. The molecule has 5 nitrogen and oxygen atoms in total. The van der Waals surface area contributed by atoms with Crippen LogP contribution in [0, 0.1) is 5.41 Å². The fourth-order valence-corrected chi connectivity index (χ4v) is 5.14. The van der Waals surface area contributed by atoms with E-state index in [1.165, 1.54) is 0 Å². The summed E-state index contributed by atoms with van der Waals surface area (Å²) in [6.07, 6.45) is 6.04. The molecule has 0 unspecified atom stereocenters. The van der Waals surface area contributed by atoms with Crippen LogP contribution in [0.5, 0.6) is 0 Å². The maximum Gasteiger partial charge on any atom is 0.254 e. The van der Waals surface area contributed by atoms with Crippen LogP contribution in [0.4, 0.5) is 0 Å². The summed E-state index contributed by atoms with van der Waals surface area (Å²) >= 11 is 0. The van der Waals surface area contributed by atoms with Crippen molar-refractivity contribution in [3.8, 4) is 0 Å². The molecule has 154 valence electrons. The van der Waals surface area contributed by atoms with Gasteiger partial charge in [-0.1, -0.05) is 25.1 Å². The summed E-state index contributed by atoms with van der Waals surface area (Å²) < 4.78 is 6.19. The van der Waals surface area contributed by atoms with Gasteiger partial charge in [0.15, 0.2) is 0 Å². The van der Waals surface area contributed by atoms with E-state index in [0.717, 1.165) is 89.0 Å². The van der Waals surface area contributed by atoms with E-state index in [4.69, 9.17) is 4.74 Å². The van der Waals surface area contributed by atoms with Gasteiger partial charge in [-0.3, -0.25) is 4.79 Å². The van der Waals surface area contributed by atoms with Crippen molar-refractivity contribution in [1.82, 2.24) is 9.80 Å². The summed E-state index contributed by atoms with van der Waals surface area (Å²) in [6.45, 7) is 7.56. The van der Waals surface area contributed by atoms with Gasteiger partial charge in [0.2, 0.25) is 0 Å². The number of aryl methyl sites for hydroxylation is 1. The lowest BCUT2D eigenvalue weighted by atomic mass is 9.76. The minimum absolute atomic E-state index is 0.119. The third kappa shape index (κ3) is 4.27. The molecule has 1 aromatic carbocycles. The lowest BCUT2D eigenvalue weighted by molar-refractivity contribution is 0.0302. The highest BCUT2D eigenvalue weighted by molar-refractivity contribution is 5.95. The highest BCUT2D eigenvalue weighted by Gasteiger charge is 2.43. The summed E-state index contributed by atoms with van der Waals surface area (Å²) in [5, 5.41) is 9.68. The normalized spacial score (nSPS) is 26.1. The molecule has 28 heavy (non-hydrogen) atoms. The van der Waals surface area contributed by atoms with Crippen LogP contribution in [0.15, 0.2) is 24.3 Å². The number of rotatable bonds is 4. The Kier molecular flexibility index (Phi) is 6.04. The van der Waals surface area contributed by atoms with Gasteiger partial charge in [-0.2, -0.15) is 0 Å². The lowest BCUT2D eigenvalue weighted by Crippen LogP contribution is -2.44. The third-order valence-corrected chi connectivity index (χ3v) is 7.04. The van der Waals surface area contributed by atoms with E-state index in [2.05, 4.69) is 17.9 Å². The summed E-state index contributed by atoms with van der Waals surface area (Å²) in [7, 11) is 0. The van der Waals surface area contributed by atoms with Crippen molar-refractivity contribution < 1.29 is 14.6 Å². The molecule has 1 spiro atoms. The van der Waals surface area contributed by atoms with Crippen LogP contribution in [-0.2, 0) is 11.2 Å². The minimum atomic E-state index is -0.119. The first-order valence-electron chi connectivity index (χ1n) is 11.0. The summed E-state index contributed by atoms with van der Waals surface area (Å²) in [5.74, 6) is 0.189. The monoisotopic (exact) mass is 386 g/mol. The molecule has 4 rings (SSSR count). The van der Waals surface area contributed by atoms with Gasteiger partial charge in [0, 0.05) is 38.3 Å². The van der Waals surface area contributed by atoms with E-state index in [-0.39, 0.29) is 17.4 Å². The SMILES string of the molecule is CCc1ccccc1C(=O)N1CCC2(CC1)CO[C@@H](CN1CCC(O)CC1)C2. The average molecular weight is 387 g/mol. The van der Waals surface area contributed by atoms with Crippen LogP contribution >= 0.6 is 0 Å². The molecule has 0 aromatic heterocycles. The van der Waals surface area contributed by atoms with Crippen molar-refractivity contribution in [2.75, 3.05) is 39.3 Å². The van der Waals surface area contributed by atoms with E-state index >= 15 is 0 Å². The van der Waals surface area contributed by atoms with Crippen LogP contribution in [-0.4, -0.2) is 72.4 Å². The van der Waals surface area contributed by atoms with Gasteiger partial charge in [0.1, 0.15) is 0 Å². The van der Waals surface area contributed by atoms with Gasteiger partial charge < -0.3 is 19.6 Å². The Labute approximate surface area is 168 Å². The molecular weight excluding hydrogens is 352 g/mol. The van der Waals surface area contributed by atoms with Crippen LogP contribution < -0.4 is 0 Å². The van der Waals surface area contributed by atoms with Crippen LogP contribution in [0.2, 0.25) is 0 Å². The zero-order valence-electron chi connectivity index (χ0n) is 17.1. The van der Waals surface area contributed by atoms with Crippen molar-refractivity contribution >= 4 is 5.91 Å². The predicted octanol–water partition coefficient (Wildman–Crippen LogP) is 2.72. The van der Waals surface area contributed by atoms with E-state index in [1.54, 1.807) is 0 Å². The summed E-state index contributed by atoms with van der Waals surface area (Å²) in [4.78, 5) is 17.5. The second kappa shape index (κ2) is 8.52. The molecule has 0 aliphatic carbocycles. The molecule has 0 radical (unpaired) electrons. The molecule has 3 fully saturated rings. The Morgan fingerprint density at radius 3 is 2.61 bits per heavy atom. The Morgan fingerprint density at radius 1 is 1.18 bits per heavy atom. The molecule has 3 saturated heterocycles. The average Bonchev–Trinajstić information content (AvgIpc) is 3.11. The maximum atomic E-state index is 13.0. The van der Waals surface area contributed by atoms with E-state index in [9.17, 15) is 9.90 Å². The standard InChI is InChI=1S/C23H34N2O3/c1-2-18-5-3-4-6-21(18)22(27)25-13-9-23(10-14-25)15-20(28-17-23)16-24-11-7-19(26)8-12-24/h3-6,19-20,26H,2,7-17H2,1H3/t20-/m1/s1. The first-order valence-corrected chi connectivity index (χ1v) is 11.0. The Hall–Kier alpha value is -1.43. The number of piperidine rings is 2. The highest BCUT2D eigenvalue weighted by atomic mass is 16.5. The topological polar surface area (TPSA) is 53.0 Å². The number of aliphatic hydroxyl groups is 1. The molecule has 3 heterocycles. The maximum absolute atomic E-state index is 13.0. The van der Waals surface area contributed by atoms with Crippen molar-refractivity contribution in [1.29, 1.82) is 0 Å². The molecule has 3 aliphatic heterocycles. The molecule has 0 bridgehead atoms. The molecule has 5 heteroatoms. The van der Waals surface area contributed by atoms with Gasteiger partial charge in [-0.25, -0.2) is 0 Å². The third-order valence-electron chi connectivity index (χ3n) is 7.04. The summed E-state index contributed by atoms with van der Waals surface area (Å²) in [6, 6.07) is 8.01. The van der Waals surface area contributed by atoms with E-state index in [0.29, 0.717) is 6.10 Å². The Bertz CT molecular complexity index is 676. The van der Waals surface area contributed by atoms with Crippen molar-refractivity contribution in [3.05, 3.63) is 35.4 Å². The minimum Gasteiger partial charge on any atom is -0.393 e. The molecular formula is C23H34N2O3. The van der Waals surface area contributed by atoms with Gasteiger partial charge in [0.05, 0.1) is 18.8 Å². The first-order chi connectivity index (χ1) is 13.6. The molecule has 0 saturated carbocycles. The second-order valence-corrected chi connectivity index (χ2v) is 8.97. The highest BCUT2D eigenvalue weighted by Crippen LogP contribution is 2.42. The number of likely N-dealkylation sites (tertiary alicyclic amines) is 2. The number of ether oxygens (including phenoxy) is 1. The van der Waals surface area contributed by atoms with E-state index < -0.39 is 0 Å². The molecule has 1 N–H and O–H groups in total. The smallest absolute Gasteiger partial charge is 0.254 e. The fourth-order valence-electron chi connectivity index (χ4n) is 5.14. The summed E-state index contributed by atoms with van der Waals surface area (Å²) in [5.41, 5.74) is 2.26. The number of amides is 1. The van der Waals surface area contributed by atoms with Crippen molar-refractivity contribution in [3.63, 3.8) is 0 Å². The molecule has 1 aromatic rings. The van der Waals surface area contributed by atoms with Crippen molar-refractivity contribution in [2.24, 2.45) is 5.41 Å². The number of carbonyl (C=O) groups is 1. The Morgan fingerprint density at radius 2 is 1.89 bits per heavy atom. The number of aliphatic hydroxyl groups excluding tert-OH is 1. The van der Waals surface area contributed by atoms with Gasteiger partial charge in [0.25, 0.3) is 5.91 Å². The second-order valence-electron chi connectivity index (χ2n) is 8.97. The number of benzene rings is 1. The molecule has 1 atom stereocenters. The van der Waals surface area contributed by atoms with Gasteiger partial charge in [-0.05, 0) is 55.6 Å². The van der Waals surface area contributed by atoms with Gasteiger partial charge in [-0.15, -0.1) is 0 Å². The number of carbonyl (C=O) groups excluding carboxylic acids is 1. The number of hydrogen-bond acceptors (Lipinski definition) is 4. The van der Waals surface area contributed by atoms with Crippen LogP contribution in [0.3, 0.4) is 0 Å². The predicted molar refractivity (Wildman–Crippen MR) is 109 cm³/mol. The molecule has 1 amide bonds. The fraction of sp³-hybridized carbons (Fsp3) is 0.696. The zero-order valence-corrected chi connectivity index (χ0v) is 17.1. The van der Waals surface area contributed by atoms with Crippen LogP contribution in [0.25, 0.3) is 0 Å². The zero-order chi connectivity index (χ0) is 19.6. The van der Waals surface area contributed by atoms with E-state index in [1.807, 2.05) is 23.1 Å². The number of nitrogens with zero attached hydrogens (tertiary/aromatic N) is 2. The number of hydrogen-bond donors (Lipinski definition) is 1. The lowest BCUT2D eigenvalue weighted by Gasteiger charge is -2.39. The quantitative estimate of drug-likeness (QED) is 0.865. The first kappa shape index (κ1) is 19.9. The van der Waals surface area contributed by atoms with Gasteiger partial charge >= 0.3 is 0 Å². The molecule has 3 aliphatic rings. The van der Waals surface area contributed by atoms with Crippen LogP contribution in [0.1, 0.15) is 54.9 Å². The van der Waals surface area contributed by atoms with Crippen molar-refractivity contribution in [2.45, 2.75) is 57.7 Å². The largest absolute Gasteiger partial charge is 0.393 e.